The second-order valence-electron chi connectivity index (χ2n) is 3.34. The Morgan fingerprint density at radius 2 is 2.00 bits per heavy atom. The third-order valence-electron chi connectivity index (χ3n) is 2.48. The quantitative estimate of drug-likeness (QED) is 0.476. The van der Waals surface area contributed by atoms with Crippen LogP contribution >= 0.6 is 0 Å². The minimum absolute atomic E-state index is 0.260. The Bertz CT molecular complexity index is 156. The predicted octanol–water partition coefficient (Wildman–Crippen LogP) is 1.10. The van der Waals surface area contributed by atoms with Crippen molar-refractivity contribution in [1.29, 1.82) is 0 Å². The van der Waals surface area contributed by atoms with Gasteiger partial charge < -0.3 is 9.84 Å². The number of aliphatic hydroxyl groups excluding tert-OH is 1. The molecule has 3 heteroatoms. The monoisotopic (exact) mass is 172 g/mol. The van der Waals surface area contributed by atoms with Gasteiger partial charge >= 0.3 is 5.97 Å². The zero-order chi connectivity index (χ0) is 8.97. The maximum Gasteiger partial charge on any atom is 0.311 e. The lowest BCUT2D eigenvalue weighted by Crippen LogP contribution is -2.28. The number of hydrogen-bond acceptors (Lipinski definition) is 3. The average molecular weight is 172 g/mol. The second-order valence-corrected chi connectivity index (χ2v) is 3.34. The van der Waals surface area contributed by atoms with Crippen LogP contribution < -0.4 is 0 Å². The molecule has 0 radical (unpaired) electrons. The van der Waals surface area contributed by atoms with E-state index in [1.165, 1.54) is 7.11 Å². The number of rotatable bonds is 1. The number of ether oxygens (including phenoxy) is 1. The molecular weight excluding hydrogens is 156 g/mol. The van der Waals surface area contributed by atoms with E-state index in [0.717, 1.165) is 32.1 Å². The van der Waals surface area contributed by atoms with Crippen LogP contribution in [0.3, 0.4) is 0 Å². The van der Waals surface area contributed by atoms with Gasteiger partial charge in [-0.25, -0.2) is 0 Å². The fourth-order valence-electron chi connectivity index (χ4n) is 1.71. The van der Waals surface area contributed by atoms with E-state index in [0.29, 0.717) is 0 Å². The first-order valence-electron chi connectivity index (χ1n) is 4.51. The van der Waals surface area contributed by atoms with Gasteiger partial charge in [0, 0.05) is 0 Å². The van der Waals surface area contributed by atoms with Gasteiger partial charge in [-0.1, -0.05) is 19.3 Å². The van der Waals surface area contributed by atoms with Crippen molar-refractivity contribution in [2.75, 3.05) is 7.11 Å². The first-order valence-corrected chi connectivity index (χ1v) is 4.51. The summed E-state index contributed by atoms with van der Waals surface area (Å²) in [5.74, 6) is -0.540. The molecule has 0 aliphatic heterocycles. The highest BCUT2D eigenvalue weighted by atomic mass is 16.5. The van der Waals surface area contributed by atoms with Gasteiger partial charge in [-0.2, -0.15) is 0 Å². The Hall–Kier alpha value is -0.570. The molecule has 1 rings (SSSR count). The van der Waals surface area contributed by atoms with Crippen LogP contribution in [0.5, 0.6) is 0 Å². The Morgan fingerprint density at radius 1 is 1.33 bits per heavy atom. The third-order valence-corrected chi connectivity index (χ3v) is 2.48. The van der Waals surface area contributed by atoms with E-state index in [2.05, 4.69) is 4.74 Å². The van der Waals surface area contributed by atoms with Crippen molar-refractivity contribution in [3.63, 3.8) is 0 Å². The van der Waals surface area contributed by atoms with Crippen molar-refractivity contribution >= 4 is 5.97 Å². The molecule has 0 aromatic carbocycles. The zero-order valence-electron chi connectivity index (χ0n) is 7.45. The van der Waals surface area contributed by atoms with Gasteiger partial charge in [-0.15, -0.1) is 0 Å². The molecule has 70 valence electrons. The molecule has 2 atom stereocenters. The molecule has 1 N–H and O–H groups in total. The van der Waals surface area contributed by atoms with Crippen LogP contribution in [0.25, 0.3) is 0 Å². The summed E-state index contributed by atoms with van der Waals surface area (Å²) in [5.41, 5.74) is 0. The van der Waals surface area contributed by atoms with Crippen LogP contribution in [0.2, 0.25) is 0 Å². The number of carbonyl (C=O) groups is 1. The first kappa shape index (κ1) is 9.52. The Labute approximate surface area is 72.7 Å². The molecule has 0 aromatic heterocycles. The summed E-state index contributed by atoms with van der Waals surface area (Å²) < 4.78 is 4.62. The molecule has 1 aliphatic carbocycles. The number of methoxy groups -OCH3 is 1. The van der Waals surface area contributed by atoms with E-state index >= 15 is 0 Å². The lowest BCUT2D eigenvalue weighted by atomic mass is 9.98. The average Bonchev–Trinajstić information content (AvgIpc) is 2.28. The number of aliphatic hydroxyl groups is 1. The van der Waals surface area contributed by atoms with Gasteiger partial charge in [0.2, 0.25) is 0 Å². The van der Waals surface area contributed by atoms with Crippen molar-refractivity contribution in [1.82, 2.24) is 0 Å². The van der Waals surface area contributed by atoms with E-state index in [4.69, 9.17) is 0 Å². The minimum Gasteiger partial charge on any atom is -0.469 e. The molecule has 0 aromatic rings. The molecular formula is C9H16O3. The van der Waals surface area contributed by atoms with Gasteiger partial charge in [0.15, 0.2) is 0 Å². The lowest BCUT2D eigenvalue weighted by molar-refractivity contribution is -0.149. The molecule has 12 heavy (non-hydrogen) atoms. The normalized spacial score (nSPS) is 30.8. The van der Waals surface area contributed by atoms with Gasteiger partial charge in [0.1, 0.15) is 0 Å². The molecule has 0 bridgehead atoms. The highest BCUT2D eigenvalue weighted by Crippen LogP contribution is 2.24. The topological polar surface area (TPSA) is 46.5 Å². The highest BCUT2D eigenvalue weighted by Gasteiger charge is 2.28. The highest BCUT2D eigenvalue weighted by molar-refractivity contribution is 5.72. The van der Waals surface area contributed by atoms with Crippen LogP contribution in [-0.2, 0) is 9.53 Å². The van der Waals surface area contributed by atoms with E-state index in [1.807, 2.05) is 0 Å². The van der Waals surface area contributed by atoms with Crippen molar-refractivity contribution in [2.45, 2.75) is 38.2 Å². The van der Waals surface area contributed by atoms with Gasteiger partial charge in [0.05, 0.1) is 19.1 Å². The smallest absolute Gasteiger partial charge is 0.311 e. The van der Waals surface area contributed by atoms with E-state index in [1.54, 1.807) is 0 Å². The van der Waals surface area contributed by atoms with Crippen LogP contribution in [0.15, 0.2) is 0 Å². The van der Waals surface area contributed by atoms with Crippen LogP contribution in [-0.4, -0.2) is 24.3 Å². The molecule has 1 aliphatic rings. The third kappa shape index (κ3) is 2.21. The van der Waals surface area contributed by atoms with Crippen LogP contribution in [0, 0.1) is 5.92 Å². The van der Waals surface area contributed by atoms with Crippen molar-refractivity contribution in [2.24, 2.45) is 5.92 Å². The number of esters is 1. The Kier molecular flexibility index (Phi) is 3.53. The standard InChI is InChI=1S/C9H16O3/c1-12-9(11)7-5-3-2-4-6-8(7)10/h7-8,10H,2-6H2,1H3/t7-,8-/m0/s1. The second kappa shape index (κ2) is 4.45. The summed E-state index contributed by atoms with van der Waals surface area (Å²) in [5, 5.41) is 9.55. The first-order chi connectivity index (χ1) is 5.75. The molecule has 0 amide bonds. The predicted molar refractivity (Wildman–Crippen MR) is 44.6 cm³/mol. The summed E-state index contributed by atoms with van der Waals surface area (Å²) in [7, 11) is 1.37. The fraction of sp³-hybridized carbons (Fsp3) is 0.889. The minimum atomic E-state index is -0.486. The summed E-state index contributed by atoms with van der Waals surface area (Å²) in [6.07, 6.45) is 4.18. The summed E-state index contributed by atoms with van der Waals surface area (Å²) in [6, 6.07) is 0. The molecule has 0 saturated heterocycles. The van der Waals surface area contributed by atoms with Gasteiger partial charge in [-0.05, 0) is 12.8 Å². The zero-order valence-corrected chi connectivity index (χ0v) is 7.45. The van der Waals surface area contributed by atoms with Crippen LogP contribution in [0.4, 0.5) is 0 Å². The number of carbonyl (C=O) groups excluding carboxylic acids is 1. The molecule has 1 saturated carbocycles. The van der Waals surface area contributed by atoms with Crippen LogP contribution in [0.1, 0.15) is 32.1 Å². The number of hydrogen-bond donors (Lipinski definition) is 1. The lowest BCUT2D eigenvalue weighted by Gasteiger charge is -2.16. The van der Waals surface area contributed by atoms with E-state index in [-0.39, 0.29) is 11.9 Å². The maximum absolute atomic E-state index is 11.1. The van der Waals surface area contributed by atoms with Crippen molar-refractivity contribution in [3.05, 3.63) is 0 Å². The molecule has 0 unspecified atom stereocenters. The van der Waals surface area contributed by atoms with E-state index in [9.17, 15) is 9.90 Å². The van der Waals surface area contributed by atoms with Gasteiger partial charge in [-0.3, -0.25) is 4.79 Å². The van der Waals surface area contributed by atoms with E-state index < -0.39 is 6.10 Å². The Morgan fingerprint density at radius 3 is 2.67 bits per heavy atom. The fourth-order valence-corrected chi connectivity index (χ4v) is 1.71. The molecule has 1 fully saturated rings. The Balaban J connectivity index is 2.52. The summed E-state index contributed by atoms with van der Waals surface area (Å²) in [4.78, 5) is 11.1. The summed E-state index contributed by atoms with van der Waals surface area (Å²) >= 11 is 0. The molecule has 0 spiro atoms. The largest absolute Gasteiger partial charge is 0.469 e. The molecule has 0 heterocycles. The van der Waals surface area contributed by atoms with Crippen molar-refractivity contribution in [3.8, 4) is 0 Å². The van der Waals surface area contributed by atoms with Crippen molar-refractivity contribution < 1.29 is 14.6 Å². The SMILES string of the molecule is COC(=O)[C@H]1CCCCC[C@@H]1O. The molecule has 3 nitrogen and oxygen atoms in total. The summed E-state index contributed by atoms with van der Waals surface area (Å²) in [6.45, 7) is 0. The van der Waals surface area contributed by atoms with Gasteiger partial charge in [0.25, 0.3) is 0 Å². The maximum atomic E-state index is 11.1.